The number of H-pyrrole nitrogens is 1. The van der Waals surface area contributed by atoms with Gasteiger partial charge in [0.1, 0.15) is 17.6 Å². The van der Waals surface area contributed by atoms with E-state index in [-0.39, 0.29) is 28.8 Å². The number of aromatic amines is 1. The lowest BCUT2D eigenvalue weighted by atomic mass is 10.0. The first kappa shape index (κ1) is 28.3. The monoisotopic (exact) mass is 538 g/mol. The van der Waals surface area contributed by atoms with Crippen molar-refractivity contribution in [3.63, 3.8) is 0 Å². The zero-order chi connectivity index (χ0) is 28.5. The van der Waals surface area contributed by atoms with E-state index < -0.39 is 23.5 Å². The molecule has 4 rings (SSSR count). The zero-order valence-electron chi connectivity index (χ0n) is 21.3. The summed E-state index contributed by atoms with van der Waals surface area (Å²) in [6, 6.07) is 11.9. The number of anilines is 1. The summed E-state index contributed by atoms with van der Waals surface area (Å²) < 4.78 is 27.4. The van der Waals surface area contributed by atoms with Crippen LogP contribution < -0.4 is 26.2 Å². The number of ether oxygens (including phenoxy) is 2. The maximum atomic E-state index is 15.5. The van der Waals surface area contributed by atoms with Crippen molar-refractivity contribution in [2.45, 2.75) is 19.9 Å². The minimum atomic E-state index is -0.960. The van der Waals surface area contributed by atoms with E-state index in [1.54, 1.807) is 36.4 Å². The van der Waals surface area contributed by atoms with E-state index in [0.717, 1.165) is 11.6 Å². The second-order valence-electron chi connectivity index (χ2n) is 7.86. The lowest BCUT2D eigenvalue weighted by Crippen LogP contribution is -2.18. The number of methoxy groups -OCH3 is 1. The van der Waals surface area contributed by atoms with Crippen molar-refractivity contribution in [1.29, 1.82) is 5.41 Å². The third kappa shape index (κ3) is 7.15. The number of carbonyl (C=O) groups is 1. The summed E-state index contributed by atoms with van der Waals surface area (Å²) in [5.41, 5.74) is 6.18. The van der Waals surface area contributed by atoms with Gasteiger partial charge in [0.05, 0.1) is 13.7 Å². The Morgan fingerprint density at radius 3 is 2.54 bits per heavy atom. The SMILES string of the molecule is CC(=O)O.CCOc1cc(OC)c(F)c([C@H](Nc2ccc(C(=N)N)cc2)c2nn(-c3cccnn3)c(=O)[nH]2)c1. The van der Waals surface area contributed by atoms with Crippen LogP contribution in [0.5, 0.6) is 11.5 Å². The number of hydrogen-bond donors (Lipinski definition) is 5. The smallest absolute Gasteiger partial charge is 0.349 e. The summed E-state index contributed by atoms with van der Waals surface area (Å²) in [5.74, 6) is -0.892. The van der Waals surface area contributed by atoms with Gasteiger partial charge in [-0.1, -0.05) is 0 Å². The van der Waals surface area contributed by atoms with Gasteiger partial charge in [0.25, 0.3) is 5.97 Å². The molecule has 0 amide bonds. The van der Waals surface area contributed by atoms with Crippen molar-refractivity contribution in [2.24, 2.45) is 5.73 Å². The van der Waals surface area contributed by atoms with E-state index in [4.69, 9.17) is 30.5 Å². The van der Waals surface area contributed by atoms with Gasteiger partial charge >= 0.3 is 5.69 Å². The molecule has 14 heteroatoms. The van der Waals surface area contributed by atoms with Crippen molar-refractivity contribution in [3.05, 3.63) is 88.0 Å². The predicted molar refractivity (Wildman–Crippen MR) is 140 cm³/mol. The van der Waals surface area contributed by atoms with E-state index in [1.807, 2.05) is 6.92 Å². The van der Waals surface area contributed by atoms with Crippen LogP contribution in [0.25, 0.3) is 5.82 Å². The Morgan fingerprint density at radius 1 is 1.28 bits per heavy atom. The molecule has 0 fully saturated rings. The molecule has 13 nitrogen and oxygen atoms in total. The minimum absolute atomic E-state index is 0.0274. The van der Waals surface area contributed by atoms with E-state index >= 15 is 4.39 Å². The molecule has 0 spiro atoms. The van der Waals surface area contributed by atoms with Crippen LogP contribution in [-0.4, -0.2) is 55.6 Å². The number of rotatable bonds is 9. The largest absolute Gasteiger partial charge is 0.494 e. The third-order valence-corrected chi connectivity index (χ3v) is 5.07. The van der Waals surface area contributed by atoms with Crippen molar-refractivity contribution >= 4 is 17.5 Å². The highest BCUT2D eigenvalue weighted by Crippen LogP contribution is 2.34. The predicted octanol–water partition coefficient (Wildman–Crippen LogP) is 2.47. The number of carboxylic acid groups (broad SMARTS) is 1. The molecule has 0 aliphatic heterocycles. The lowest BCUT2D eigenvalue weighted by molar-refractivity contribution is -0.134. The van der Waals surface area contributed by atoms with Crippen LogP contribution >= 0.6 is 0 Å². The Labute approximate surface area is 221 Å². The molecule has 2 heterocycles. The van der Waals surface area contributed by atoms with Crippen LogP contribution in [0, 0.1) is 11.2 Å². The van der Waals surface area contributed by atoms with Crippen LogP contribution in [0.3, 0.4) is 0 Å². The second-order valence-corrected chi connectivity index (χ2v) is 7.86. The molecule has 4 aromatic rings. The second kappa shape index (κ2) is 12.8. The van der Waals surface area contributed by atoms with Crippen LogP contribution in [0.15, 0.2) is 59.5 Å². The number of nitrogens with one attached hydrogen (secondary N) is 3. The van der Waals surface area contributed by atoms with Gasteiger partial charge in [-0.2, -0.15) is 9.78 Å². The highest BCUT2D eigenvalue weighted by Gasteiger charge is 2.26. The normalized spacial score (nSPS) is 11.1. The maximum absolute atomic E-state index is 15.5. The van der Waals surface area contributed by atoms with Gasteiger partial charge < -0.3 is 25.6 Å². The molecule has 0 aliphatic rings. The Balaban J connectivity index is 0.000000983. The molecule has 0 aliphatic carbocycles. The number of nitrogens with zero attached hydrogens (tertiary/aromatic N) is 4. The van der Waals surface area contributed by atoms with E-state index in [2.05, 4.69) is 25.6 Å². The fourth-order valence-corrected chi connectivity index (χ4v) is 3.44. The van der Waals surface area contributed by atoms with Gasteiger partial charge in [0.15, 0.2) is 23.2 Å². The van der Waals surface area contributed by atoms with Crippen molar-refractivity contribution in [3.8, 4) is 17.3 Å². The summed E-state index contributed by atoms with van der Waals surface area (Å²) in [7, 11) is 1.35. The third-order valence-electron chi connectivity index (χ3n) is 5.07. The molecular weight excluding hydrogens is 511 g/mol. The quantitative estimate of drug-likeness (QED) is 0.156. The average Bonchev–Trinajstić information content (AvgIpc) is 3.30. The summed E-state index contributed by atoms with van der Waals surface area (Å²) >= 11 is 0. The molecule has 2 aromatic heterocycles. The number of hydrogen-bond acceptors (Lipinski definition) is 9. The highest BCUT2D eigenvalue weighted by molar-refractivity contribution is 5.95. The lowest BCUT2D eigenvalue weighted by Gasteiger charge is -2.21. The van der Waals surface area contributed by atoms with Gasteiger partial charge in [0.2, 0.25) is 0 Å². The van der Waals surface area contributed by atoms with Gasteiger partial charge in [-0.15, -0.1) is 10.2 Å². The number of benzene rings is 2. The number of carboxylic acids is 1. The number of aromatic nitrogens is 5. The Morgan fingerprint density at radius 2 is 1.97 bits per heavy atom. The first-order valence-corrected chi connectivity index (χ1v) is 11.5. The standard InChI is InChI=1S/C23H23FN8O3.C2H4O2/c1-3-35-15-11-16(19(24)17(12-15)34-2)20(28-14-8-6-13(7-9-14)21(25)26)22-29-23(33)32(31-22)18-5-4-10-27-30-18;1-2(3)4/h4-12,20,28H,3H2,1-2H3,(H3,25,26)(H,29,31,33);1H3,(H,3,4)/t20-;/m0./s1. The Hall–Kier alpha value is -5.27. The maximum Gasteiger partial charge on any atom is 0.349 e. The van der Waals surface area contributed by atoms with Gasteiger partial charge in [-0.05, 0) is 49.4 Å². The van der Waals surface area contributed by atoms with Gasteiger partial charge in [0, 0.05) is 36.0 Å². The van der Waals surface area contributed by atoms with Crippen molar-refractivity contribution in [2.75, 3.05) is 19.0 Å². The number of amidine groups is 1. The first-order chi connectivity index (χ1) is 18.6. The number of nitrogen functional groups attached to an aromatic ring is 1. The molecule has 6 N–H and O–H groups in total. The van der Waals surface area contributed by atoms with Crippen LogP contribution in [0.2, 0.25) is 0 Å². The topological polar surface area (TPSA) is 194 Å². The van der Waals surface area contributed by atoms with Crippen LogP contribution in [-0.2, 0) is 4.79 Å². The number of nitrogens with two attached hydrogens (primary N) is 1. The van der Waals surface area contributed by atoms with E-state index in [9.17, 15) is 4.79 Å². The van der Waals surface area contributed by atoms with Crippen molar-refractivity contribution in [1.82, 2.24) is 25.0 Å². The molecule has 0 saturated carbocycles. The minimum Gasteiger partial charge on any atom is -0.494 e. The highest BCUT2D eigenvalue weighted by atomic mass is 19.1. The fourth-order valence-electron chi connectivity index (χ4n) is 3.44. The summed E-state index contributed by atoms with van der Waals surface area (Å²) in [5, 5.41) is 30.2. The summed E-state index contributed by atoms with van der Waals surface area (Å²) in [6.07, 6.45) is 1.47. The fraction of sp³-hybridized carbons (Fsp3) is 0.200. The van der Waals surface area contributed by atoms with Crippen LogP contribution in [0.1, 0.15) is 36.8 Å². The number of aliphatic carboxylic acids is 1. The summed E-state index contributed by atoms with van der Waals surface area (Å²) in [6.45, 7) is 3.25. The molecule has 0 radical (unpaired) electrons. The molecule has 39 heavy (non-hydrogen) atoms. The van der Waals surface area contributed by atoms with Crippen LogP contribution in [0.4, 0.5) is 10.1 Å². The van der Waals surface area contributed by atoms with E-state index in [0.29, 0.717) is 23.6 Å². The van der Waals surface area contributed by atoms with Crippen molar-refractivity contribution < 1.29 is 23.8 Å². The molecule has 204 valence electrons. The average molecular weight is 539 g/mol. The molecule has 2 aromatic carbocycles. The first-order valence-electron chi connectivity index (χ1n) is 11.5. The Kier molecular flexibility index (Phi) is 9.29. The molecule has 1 atom stereocenters. The summed E-state index contributed by atoms with van der Waals surface area (Å²) in [4.78, 5) is 24.4. The number of halogens is 1. The van der Waals surface area contributed by atoms with E-state index in [1.165, 1.54) is 25.4 Å². The molecule has 0 bridgehead atoms. The van der Waals surface area contributed by atoms with Gasteiger partial charge in [-0.25, -0.2) is 9.18 Å². The Bertz CT molecular complexity index is 1480. The molecule has 0 unspecified atom stereocenters. The van der Waals surface area contributed by atoms with Gasteiger partial charge in [-0.3, -0.25) is 15.2 Å². The molecule has 0 saturated heterocycles. The molecular formula is C25H27FN8O5. The zero-order valence-corrected chi connectivity index (χ0v) is 21.3.